The van der Waals surface area contributed by atoms with Crippen molar-refractivity contribution in [3.8, 4) is 0 Å². The summed E-state index contributed by atoms with van der Waals surface area (Å²) in [5, 5.41) is 5.39. The van der Waals surface area contributed by atoms with Crippen molar-refractivity contribution in [3.05, 3.63) is 11.9 Å². The van der Waals surface area contributed by atoms with Gasteiger partial charge in [-0.1, -0.05) is 0 Å². The smallest absolute Gasteiger partial charge is 0.355 e. The number of likely N-dealkylation sites (N-methyl/N-ethyl adjacent to an activating group) is 1. The molecule has 2 N–H and O–H groups in total. The maximum absolute atomic E-state index is 10.7. The summed E-state index contributed by atoms with van der Waals surface area (Å²) in [6.45, 7) is 0. The summed E-state index contributed by atoms with van der Waals surface area (Å²) in [5.41, 5.74) is 0.407. The van der Waals surface area contributed by atoms with Crippen molar-refractivity contribution in [1.29, 1.82) is 0 Å². The molecule has 0 saturated heterocycles. The summed E-state index contributed by atoms with van der Waals surface area (Å²) >= 11 is 0. The molecule has 0 aliphatic rings. The monoisotopic (exact) mass is 144 g/mol. The molecule has 0 aromatic carbocycles. The van der Waals surface area contributed by atoms with Gasteiger partial charge in [0.2, 0.25) is 0 Å². The lowest BCUT2D eigenvalue weighted by atomic mass is 10.5. The SMILES string of the molecule is CN/C=C(\NC)C(=O)OC. The number of hydrogen-bond donors (Lipinski definition) is 2. The quantitative estimate of drug-likeness (QED) is 0.412. The van der Waals surface area contributed by atoms with Crippen LogP contribution < -0.4 is 10.6 Å². The Labute approximate surface area is 60.2 Å². The summed E-state index contributed by atoms with van der Waals surface area (Å²) in [5.74, 6) is -0.378. The van der Waals surface area contributed by atoms with Crippen LogP contribution in [-0.4, -0.2) is 27.2 Å². The van der Waals surface area contributed by atoms with E-state index in [0.717, 1.165) is 0 Å². The van der Waals surface area contributed by atoms with Crippen LogP contribution >= 0.6 is 0 Å². The van der Waals surface area contributed by atoms with Gasteiger partial charge in [-0.25, -0.2) is 4.79 Å². The molecule has 0 rings (SSSR count). The van der Waals surface area contributed by atoms with Gasteiger partial charge in [-0.3, -0.25) is 0 Å². The zero-order valence-electron chi connectivity index (χ0n) is 6.39. The van der Waals surface area contributed by atoms with E-state index >= 15 is 0 Å². The fraction of sp³-hybridized carbons (Fsp3) is 0.500. The molecule has 58 valence electrons. The Kier molecular flexibility index (Phi) is 4.11. The van der Waals surface area contributed by atoms with Gasteiger partial charge in [-0.15, -0.1) is 0 Å². The number of rotatable bonds is 3. The van der Waals surface area contributed by atoms with Gasteiger partial charge in [0.25, 0.3) is 0 Å². The average Bonchev–Trinajstić information content (AvgIpc) is 1.99. The second-order valence-electron chi connectivity index (χ2n) is 1.59. The fourth-order valence-electron chi connectivity index (χ4n) is 0.487. The average molecular weight is 144 g/mol. The molecule has 0 radical (unpaired) electrons. The molecule has 0 amide bonds. The number of ether oxygens (including phenoxy) is 1. The van der Waals surface area contributed by atoms with Crippen LogP contribution in [0.2, 0.25) is 0 Å². The van der Waals surface area contributed by atoms with Crippen molar-refractivity contribution in [2.75, 3.05) is 21.2 Å². The third-order valence-corrected chi connectivity index (χ3v) is 0.963. The Balaban J connectivity index is 4.06. The Morgan fingerprint density at radius 2 is 2.10 bits per heavy atom. The van der Waals surface area contributed by atoms with Crippen LogP contribution in [0.3, 0.4) is 0 Å². The van der Waals surface area contributed by atoms with Crippen LogP contribution in [0.25, 0.3) is 0 Å². The van der Waals surface area contributed by atoms with Gasteiger partial charge < -0.3 is 15.4 Å². The second kappa shape index (κ2) is 4.67. The highest BCUT2D eigenvalue weighted by Crippen LogP contribution is 1.87. The number of methoxy groups -OCH3 is 1. The lowest BCUT2D eigenvalue weighted by molar-refractivity contribution is -0.136. The van der Waals surface area contributed by atoms with Crippen molar-refractivity contribution >= 4 is 5.97 Å². The van der Waals surface area contributed by atoms with Crippen LogP contribution in [0.1, 0.15) is 0 Å². The lowest BCUT2D eigenvalue weighted by Gasteiger charge is -2.02. The molecule has 0 aromatic rings. The fourth-order valence-corrected chi connectivity index (χ4v) is 0.487. The number of carbonyl (C=O) groups is 1. The maximum Gasteiger partial charge on any atom is 0.355 e. The molecular weight excluding hydrogens is 132 g/mol. The van der Waals surface area contributed by atoms with Crippen LogP contribution in [-0.2, 0) is 9.53 Å². The molecule has 0 atom stereocenters. The lowest BCUT2D eigenvalue weighted by Crippen LogP contribution is -2.19. The minimum atomic E-state index is -0.378. The van der Waals surface area contributed by atoms with E-state index in [9.17, 15) is 4.79 Å². The summed E-state index contributed by atoms with van der Waals surface area (Å²) < 4.78 is 4.45. The third kappa shape index (κ3) is 2.39. The van der Waals surface area contributed by atoms with Crippen molar-refractivity contribution in [2.45, 2.75) is 0 Å². The van der Waals surface area contributed by atoms with E-state index < -0.39 is 0 Å². The molecule has 0 aliphatic heterocycles. The van der Waals surface area contributed by atoms with Gasteiger partial charge in [-0.2, -0.15) is 0 Å². The van der Waals surface area contributed by atoms with E-state index in [0.29, 0.717) is 5.70 Å². The molecule has 0 fully saturated rings. The Morgan fingerprint density at radius 1 is 1.50 bits per heavy atom. The Bertz CT molecular complexity index is 143. The number of esters is 1. The van der Waals surface area contributed by atoms with Crippen LogP contribution in [0.5, 0.6) is 0 Å². The number of nitrogens with one attached hydrogen (secondary N) is 2. The van der Waals surface area contributed by atoms with Gasteiger partial charge in [0.1, 0.15) is 5.70 Å². The summed E-state index contributed by atoms with van der Waals surface area (Å²) in [6, 6.07) is 0. The highest BCUT2D eigenvalue weighted by atomic mass is 16.5. The van der Waals surface area contributed by atoms with Gasteiger partial charge in [0, 0.05) is 20.3 Å². The molecule has 0 bridgehead atoms. The first-order chi connectivity index (χ1) is 4.76. The third-order valence-electron chi connectivity index (χ3n) is 0.963. The Hall–Kier alpha value is -1.19. The molecular formula is C6H12N2O2. The molecule has 0 unspecified atom stereocenters. The van der Waals surface area contributed by atoms with Gasteiger partial charge in [0.05, 0.1) is 7.11 Å². The standard InChI is InChI=1S/C6H12N2O2/c1-7-4-5(8-2)6(9)10-3/h4,7-8H,1-3H3/b5-4-. The predicted octanol–water partition coefficient (Wildman–Crippen LogP) is -0.560. The molecule has 4 heteroatoms. The molecule has 0 aromatic heterocycles. The van der Waals surface area contributed by atoms with E-state index in [4.69, 9.17) is 0 Å². The van der Waals surface area contributed by atoms with Crippen molar-refractivity contribution < 1.29 is 9.53 Å². The predicted molar refractivity (Wildman–Crippen MR) is 38.2 cm³/mol. The molecule has 0 heterocycles. The molecule has 4 nitrogen and oxygen atoms in total. The second-order valence-corrected chi connectivity index (χ2v) is 1.59. The van der Waals surface area contributed by atoms with E-state index in [1.54, 1.807) is 14.1 Å². The summed E-state index contributed by atoms with van der Waals surface area (Å²) in [7, 11) is 4.70. The van der Waals surface area contributed by atoms with Gasteiger partial charge >= 0.3 is 5.97 Å². The van der Waals surface area contributed by atoms with Crippen molar-refractivity contribution in [2.24, 2.45) is 0 Å². The van der Waals surface area contributed by atoms with Gasteiger partial charge in [0.15, 0.2) is 0 Å². The first-order valence-corrected chi connectivity index (χ1v) is 2.89. The first kappa shape index (κ1) is 8.81. The van der Waals surface area contributed by atoms with Crippen LogP contribution in [0.4, 0.5) is 0 Å². The summed E-state index contributed by atoms with van der Waals surface area (Å²) in [6.07, 6.45) is 1.53. The van der Waals surface area contributed by atoms with Crippen LogP contribution in [0, 0.1) is 0 Å². The molecule has 0 saturated carbocycles. The van der Waals surface area contributed by atoms with Crippen molar-refractivity contribution in [3.63, 3.8) is 0 Å². The van der Waals surface area contributed by atoms with E-state index in [2.05, 4.69) is 15.4 Å². The van der Waals surface area contributed by atoms with Crippen LogP contribution in [0.15, 0.2) is 11.9 Å². The highest BCUT2D eigenvalue weighted by molar-refractivity contribution is 5.87. The molecule has 0 aliphatic carbocycles. The minimum absolute atomic E-state index is 0.378. The maximum atomic E-state index is 10.7. The van der Waals surface area contributed by atoms with E-state index in [-0.39, 0.29) is 5.97 Å². The highest BCUT2D eigenvalue weighted by Gasteiger charge is 2.04. The summed E-state index contributed by atoms with van der Waals surface area (Å²) in [4.78, 5) is 10.7. The first-order valence-electron chi connectivity index (χ1n) is 2.89. The van der Waals surface area contributed by atoms with Gasteiger partial charge in [-0.05, 0) is 0 Å². The minimum Gasteiger partial charge on any atom is -0.464 e. The number of hydrogen-bond acceptors (Lipinski definition) is 4. The van der Waals surface area contributed by atoms with Crippen molar-refractivity contribution in [1.82, 2.24) is 10.6 Å². The zero-order chi connectivity index (χ0) is 7.98. The molecule has 10 heavy (non-hydrogen) atoms. The zero-order valence-corrected chi connectivity index (χ0v) is 6.39. The Morgan fingerprint density at radius 3 is 2.40 bits per heavy atom. The number of carbonyl (C=O) groups excluding carboxylic acids is 1. The topological polar surface area (TPSA) is 50.4 Å². The normalized spacial score (nSPS) is 10.5. The van der Waals surface area contributed by atoms with E-state index in [1.165, 1.54) is 13.3 Å². The van der Waals surface area contributed by atoms with E-state index in [1.807, 2.05) is 0 Å². The molecule has 0 spiro atoms. The largest absolute Gasteiger partial charge is 0.464 e.